The molecule has 1 unspecified atom stereocenters. The van der Waals surface area contributed by atoms with Gasteiger partial charge in [0, 0.05) is 34.6 Å². The Morgan fingerprint density at radius 1 is 0.605 bits per heavy atom. The van der Waals surface area contributed by atoms with Crippen molar-refractivity contribution < 1.29 is 77.2 Å². The van der Waals surface area contributed by atoms with E-state index in [1.807, 2.05) is 0 Å². The summed E-state index contributed by atoms with van der Waals surface area (Å²) < 4.78 is 42.1. The minimum atomic E-state index is -1.86. The van der Waals surface area contributed by atoms with E-state index in [2.05, 4.69) is 0 Å². The van der Waals surface area contributed by atoms with Crippen LogP contribution in [0.5, 0.6) is 0 Å². The maximum absolute atomic E-state index is 11.8. The molecule has 0 aromatic rings. The zero-order valence-corrected chi connectivity index (χ0v) is 21.3. The van der Waals surface area contributed by atoms with Crippen LogP contribution in [0.15, 0.2) is 0 Å². The van der Waals surface area contributed by atoms with Crippen LogP contribution in [0, 0.1) is 0 Å². The Kier molecular flexibility index (Phi) is 11.4. The van der Waals surface area contributed by atoms with Crippen LogP contribution in [0.3, 0.4) is 0 Å². The number of ether oxygens (including phenoxy) is 8. The van der Waals surface area contributed by atoms with Gasteiger partial charge in [0.2, 0.25) is 0 Å². The molecule has 10 atom stereocenters. The number of aliphatic hydroxyl groups is 3. The van der Waals surface area contributed by atoms with Crippen LogP contribution in [0.1, 0.15) is 34.6 Å². The summed E-state index contributed by atoms with van der Waals surface area (Å²) in [5.41, 5.74) is 0. The molecule has 2 aliphatic rings. The van der Waals surface area contributed by atoms with Gasteiger partial charge in [-0.2, -0.15) is 0 Å². The molecule has 2 heterocycles. The Bertz CT molecular complexity index is 875. The minimum Gasteiger partial charge on any atom is -0.457 e. The topological polar surface area (TPSA) is 220 Å². The number of rotatable bonds is 9. The molecule has 0 radical (unpaired) electrons. The van der Waals surface area contributed by atoms with Gasteiger partial charge in [-0.1, -0.05) is 0 Å². The van der Waals surface area contributed by atoms with Gasteiger partial charge in [0.05, 0.1) is 13.2 Å². The first-order valence-electron chi connectivity index (χ1n) is 11.5. The van der Waals surface area contributed by atoms with E-state index in [-0.39, 0.29) is 0 Å². The van der Waals surface area contributed by atoms with Crippen molar-refractivity contribution in [3.63, 3.8) is 0 Å². The number of hydrogen-bond donors (Lipinski definition) is 3. The molecule has 2 rings (SSSR count). The predicted molar refractivity (Wildman–Crippen MR) is 116 cm³/mol. The lowest BCUT2D eigenvalue weighted by atomic mass is 9.97. The molecule has 16 nitrogen and oxygen atoms in total. The van der Waals surface area contributed by atoms with Crippen molar-refractivity contribution in [2.24, 2.45) is 0 Å². The molecule has 0 amide bonds. The summed E-state index contributed by atoms with van der Waals surface area (Å²) in [6.45, 7) is 3.91. The summed E-state index contributed by atoms with van der Waals surface area (Å²) in [5, 5.41) is 30.9. The van der Waals surface area contributed by atoms with Crippen molar-refractivity contribution >= 4 is 29.8 Å². The van der Waals surface area contributed by atoms with Gasteiger partial charge in [0.25, 0.3) is 0 Å². The van der Waals surface area contributed by atoms with E-state index in [0.29, 0.717) is 0 Å². The Balaban J connectivity index is 2.32. The van der Waals surface area contributed by atoms with Gasteiger partial charge in [-0.3, -0.25) is 24.0 Å². The average molecular weight is 552 g/mol. The number of hydrogen-bond acceptors (Lipinski definition) is 16. The Morgan fingerprint density at radius 3 is 1.55 bits per heavy atom. The highest BCUT2D eigenvalue weighted by molar-refractivity contribution is 5.68. The lowest BCUT2D eigenvalue weighted by Crippen LogP contribution is -2.64. The smallest absolute Gasteiger partial charge is 0.303 e. The molecule has 3 N–H and O–H groups in total. The zero-order chi connectivity index (χ0) is 28.7. The predicted octanol–water partition coefficient (Wildman–Crippen LogP) is -2.54. The van der Waals surface area contributed by atoms with E-state index in [4.69, 9.17) is 37.9 Å². The standard InChI is InChI=1S/C22H32O16/c1-8(24)32-16-13(6-23)38-22(18(15(16)29)34-10(3)26)31-7-14-17(33-9(2)25)19(35-11(4)27)20(21(30)37-14)36-12(5)28/h13-23,29-30H,6-7H2,1-5H3/t13-,14-,15+,16+,17-,18-,19+,20-,21?,22-/m1/s1. The zero-order valence-electron chi connectivity index (χ0n) is 21.3. The molecule has 2 fully saturated rings. The molecule has 0 aromatic heterocycles. The van der Waals surface area contributed by atoms with Crippen molar-refractivity contribution in [1.82, 2.24) is 0 Å². The van der Waals surface area contributed by atoms with Gasteiger partial charge in [-0.15, -0.1) is 0 Å². The summed E-state index contributed by atoms with van der Waals surface area (Å²) in [6, 6.07) is 0. The third-order valence-electron chi connectivity index (χ3n) is 5.34. The summed E-state index contributed by atoms with van der Waals surface area (Å²) in [4.78, 5) is 58.2. The summed E-state index contributed by atoms with van der Waals surface area (Å²) in [7, 11) is 0. The highest BCUT2D eigenvalue weighted by Crippen LogP contribution is 2.31. The average Bonchev–Trinajstić information content (AvgIpc) is 2.79. The number of carbonyl (C=O) groups is 5. The van der Waals surface area contributed by atoms with Crippen molar-refractivity contribution in [1.29, 1.82) is 0 Å². The molecule has 2 saturated heterocycles. The fraction of sp³-hybridized carbons (Fsp3) is 0.773. The SMILES string of the molecule is CC(=O)O[C@@H]1[C@H](O)[C@@H](OC(C)=O)[C@H](OC[C@H]2OC(O)[C@H](OC(C)=O)[C@@H](OC(C)=O)[C@@H]2OC(C)=O)O[C@@H]1CO. The lowest BCUT2D eigenvalue weighted by molar-refractivity contribution is -0.329. The van der Waals surface area contributed by atoms with Crippen LogP contribution >= 0.6 is 0 Å². The van der Waals surface area contributed by atoms with E-state index < -0.39 is 104 Å². The van der Waals surface area contributed by atoms with Crippen LogP contribution in [0.4, 0.5) is 0 Å². The van der Waals surface area contributed by atoms with Crippen LogP contribution in [-0.4, -0.2) is 120 Å². The molecular formula is C22H32O16. The largest absolute Gasteiger partial charge is 0.457 e. The lowest BCUT2D eigenvalue weighted by Gasteiger charge is -2.45. The van der Waals surface area contributed by atoms with E-state index in [0.717, 1.165) is 34.6 Å². The molecule has 0 spiro atoms. The molecule has 2 aliphatic heterocycles. The van der Waals surface area contributed by atoms with Gasteiger partial charge >= 0.3 is 29.8 Å². The Labute approximate surface area is 216 Å². The third-order valence-corrected chi connectivity index (χ3v) is 5.34. The maximum Gasteiger partial charge on any atom is 0.303 e. The quantitative estimate of drug-likeness (QED) is 0.198. The molecule has 216 valence electrons. The fourth-order valence-electron chi connectivity index (χ4n) is 4.03. The van der Waals surface area contributed by atoms with Gasteiger partial charge in [-0.05, 0) is 0 Å². The van der Waals surface area contributed by atoms with Crippen molar-refractivity contribution in [2.45, 2.75) is 96.0 Å². The highest BCUT2D eigenvalue weighted by atomic mass is 16.7. The second-order valence-electron chi connectivity index (χ2n) is 8.48. The molecule has 0 aliphatic carbocycles. The molecule has 0 aromatic carbocycles. The fourth-order valence-corrected chi connectivity index (χ4v) is 4.03. The van der Waals surface area contributed by atoms with Crippen LogP contribution in [0.2, 0.25) is 0 Å². The minimum absolute atomic E-state index is 0.592. The van der Waals surface area contributed by atoms with E-state index in [1.165, 1.54) is 0 Å². The number of carbonyl (C=O) groups excluding carboxylic acids is 5. The summed E-state index contributed by atoms with van der Waals surface area (Å²) in [5.74, 6) is -4.20. The van der Waals surface area contributed by atoms with Gasteiger partial charge in [0.15, 0.2) is 43.1 Å². The monoisotopic (exact) mass is 552 g/mol. The first-order chi connectivity index (χ1) is 17.7. The van der Waals surface area contributed by atoms with Crippen LogP contribution < -0.4 is 0 Å². The second kappa shape index (κ2) is 13.8. The third kappa shape index (κ3) is 8.31. The first-order valence-corrected chi connectivity index (χ1v) is 11.5. The van der Waals surface area contributed by atoms with Gasteiger partial charge < -0.3 is 53.2 Å². The molecule has 16 heteroatoms. The maximum atomic E-state index is 11.8. The van der Waals surface area contributed by atoms with E-state index in [1.54, 1.807) is 0 Å². The molecular weight excluding hydrogens is 520 g/mol. The highest BCUT2D eigenvalue weighted by Gasteiger charge is 2.53. The second-order valence-corrected chi connectivity index (χ2v) is 8.48. The van der Waals surface area contributed by atoms with Crippen LogP contribution in [0.25, 0.3) is 0 Å². The molecule has 38 heavy (non-hydrogen) atoms. The van der Waals surface area contributed by atoms with Crippen molar-refractivity contribution in [2.75, 3.05) is 13.2 Å². The van der Waals surface area contributed by atoms with E-state index >= 15 is 0 Å². The number of aliphatic hydroxyl groups excluding tert-OH is 3. The number of esters is 5. The Hall–Kier alpha value is -2.89. The first kappa shape index (κ1) is 31.3. The Morgan fingerprint density at radius 2 is 1.05 bits per heavy atom. The normalized spacial score (nSPS) is 34.9. The van der Waals surface area contributed by atoms with Crippen LogP contribution in [-0.2, 0) is 61.9 Å². The van der Waals surface area contributed by atoms with E-state index in [9.17, 15) is 39.3 Å². The molecule has 0 saturated carbocycles. The molecule has 0 bridgehead atoms. The summed E-state index contributed by atoms with van der Waals surface area (Å²) in [6.07, 6.45) is -15.3. The summed E-state index contributed by atoms with van der Waals surface area (Å²) >= 11 is 0. The van der Waals surface area contributed by atoms with Crippen molar-refractivity contribution in [3.05, 3.63) is 0 Å². The van der Waals surface area contributed by atoms with Gasteiger partial charge in [-0.25, -0.2) is 0 Å². The van der Waals surface area contributed by atoms with Gasteiger partial charge in [0.1, 0.15) is 18.3 Å². The van der Waals surface area contributed by atoms with Crippen molar-refractivity contribution in [3.8, 4) is 0 Å².